The lowest BCUT2D eigenvalue weighted by Gasteiger charge is -2.10. The maximum Gasteiger partial charge on any atom is 0.0657 e. The van der Waals surface area contributed by atoms with Crippen molar-refractivity contribution in [3.8, 4) is 5.69 Å². The fourth-order valence-corrected chi connectivity index (χ4v) is 2.55. The second-order valence-corrected chi connectivity index (χ2v) is 5.69. The van der Waals surface area contributed by atoms with Crippen LogP contribution in [-0.4, -0.2) is 9.78 Å². The number of nitrogens with two attached hydrogens (primary N) is 1. The van der Waals surface area contributed by atoms with Crippen molar-refractivity contribution in [3.63, 3.8) is 0 Å². The van der Waals surface area contributed by atoms with Gasteiger partial charge in [0.2, 0.25) is 0 Å². The van der Waals surface area contributed by atoms with E-state index in [0.29, 0.717) is 5.92 Å². The highest BCUT2D eigenvalue weighted by Crippen LogP contribution is 2.25. The van der Waals surface area contributed by atoms with E-state index in [0.717, 1.165) is 21.4 Å². The van der Waals surface area contributed by atoms with Gasteiger partial charge in [-0.15, -0.1) is 0 Å². The van der Waals surface area contributed by atoms with Crippen molar-refractivity contribution in [3.05, 3.63) is 46.2 Å². The third kappa shape index (κ3) is 2.65. The standard InChI is InChI=1S/C14H18BrN3/c1-9(2)14-6-7-18(17-14)11-4-5-12(10(3)16)13(15)8-11/h4-10H,16H2,1-3H3/t10-/m1/s1. The molecule has 2 aromatic rings. The monoisotopic (exact) mass is 307 g/mol. The Hall–Kier alpha value is -1.13. The van der Waals surface area contributed by atoms with Crippen LogP contribution < -0.4 is 5.73 Å². The summed E-state index contributed by atoms with van der Waals surface area (Å²) in [6.07, 6.45) is 1.99. The molecule has 1 aromatic carbocycles. The number of hydrogen-bond donors (Lipinski definition) is 1. The Balaban J connectivity index is 2.36. The molecular weight excluding hydrogens is 290 g/mol. The second-order valence-electron chi connectivity index (χ2n) is 4.83. The maximum atomic E-state index is 5.89. The van der Waals surface area contributed by atoms with Gasteiger partial charge < -0.3 is 5.73 Å². The molecule has 0 amide bonds. The van der Waals surface area contributed by atoms with Crippen molar-refractivity contribution >= 4 is 15.9 Å². The number of nitrogens with zero attached hydrogens (tertiary/aromatic N) is 2. The molecular formula is C14H18BrN3. The van der Waals surface area contributed by atoms with Crippen molar-refractivity contribution in [2.24, 2.45) is 5.73 Å². The van der Waals surface area contributed by atoms with E-state index < -0.39 is 0 Å². The summed E-state index contributed by atoms with van der Waals surface area (Å²) in [6.45, 7) is 6.26. The topological polar surface area (TPSA) is 43.8 Å². The van der Waals surface area contributed by atoms with Gasteiger partial charge in [0.25, 0.3) is 0 Å². The molecule has 18 heavy (non-hydrogen) atoms. The molecule has 1 aromatic heterocycles. The molecule has 3 nitrogen and oxygen atoms in total. The number of halogens is 1. The van der Waals surface area contributed by atoms with Crippen LogP contribution in [0.5, 0.6) is 0 Å². The van der Waals surface area contributed by atoms with Gasteiger partial charge in [0.15, 0.2) is 0 Å². The van der Waals surface area contributed by atoms with Gasteiger partial charge in [-0.3, -0.25) is 0 Å². The van der Waals surface area contributed by atoms with Crippen LogP contribution in [0.4, 0.5) is 0 Å². The lowest BCUT2D eigenvalue weighted by molar-refractivity contribution is 0.766. The van der Waals surface area contributed by atoms with E-state index in [-0.39, 0.29) is 6.04 Å². The number of benzene rings is 1. The molecule has 1 atom stereocenters. The summed E-state index contributed by atoms with van der Waals surface area (Å²) < 4.78 is 2.92. The van der Waals surface area contributed by atoms with Crippen LogP contribution >= 0.6 is 15.9 Å². The zero-order chi connectivity index (χ0) is 13.3. The molecule has 2 rings (SSSR count). The van der Waals surface area contributed by atoms with E-state index >= 15 is 0 Å². The Bertz CT molecular complexity index is 544. The van der Waals surface area contributed by atoms with Crippen molar-refractivity contribution in [2.75, 3.05) is 0 Å². The molecule has 0 unspecified atom stereocenters. The lowest BCUT2D eigenvalue weighted by atomic mass is 10.1. The van der Waals surface area contributed by atoms with Crippen LogP contribution in [0.25, 0.3) is 5.69 Å². The molecule has 0 spiro atoms. The first-order chi connectivity index (χ1) is 8.49. The van der Waals surface area contributed by atoms with Gasteiger partial charge in [0.05, 0.1) is 11.4 Å². The Labute approximate surface area is 116 Å². The summed E-state index contributed by atoms with van der Waals surface area (Å²) in [5.74, 6) is 0.443. The molecule has 2 N–H and O–H groups in total. The minimum atomic E-state index is 0.0253. The quantitative estimate of drug-likeness (QED) is 0.938. The summed E-state index contributed by atoms with van der Waals surface area (Å²) in [5, 5.41) is 4.56. The lowest BCUT2D eigenvalue weighted by Crippen LogP contribution is -2.06. The van der Waals surface area contributed by atoms with Crippen LogP contribution in [0.15, 0.2) is 34.9 Å². The number of rotatable bonds is 3. The summed E-state index contributed by atoms with van der Waals surface area (Å²) in [5.41, 5.74) is 9.14. The molecule has 0 aliphatic carbocycles. The first-order valence-corrected chi connectivity index (χ1v) is 6.89. The summed E-state index contributed by atoms with van der Waals surface area (Å²) in [4.78, 5) is 0. The highest BCUT2D eigenvalue weighted by atomic mass is 79.9. The van der Waals surface area contributed by atoms with Gasteiger partial charge in [0, 0.05) is 16.7 Å². The summed E-state index contributed by atoms with van der Waals surface area (Å²) >= 11 is 3.56. The van der Waals surface area contributed by atoms with Gasteiger partial charge in [0.1, 0.15) is 0 Å². The third-order valence-electron chi connectivity index (χ3n) is 2.94. The predicted molar refractivity (Wildman–Crippen MR) is 78.0 cm³/mol. The highest BCUT2D eigenvalue weighted by molar-refractivity contribution is 9.10. The fraction of sp³-hybridized carbons (Fsp3) is 0.357. The fourth-order valence-electron chi connectivity index (χ4n) is 1.82. The van der Waals surface area contributed by atoms with Crippen molar-refractivity contribution in [2.45, 2.75) is 32.7 Å². The van der Waals surface area contributed by atoms with Crippen LogP contribution in [0.2, 0.25) is 0 Å². The highest BCUT2D eigenvalue weighted by Gasteiger charge is 2.08. The van der Waals surface area contributed by atoms with E-state index in [1.807, 2.05) is 29.9 Å². The molecule has 0 aliphatic rings. The number of aromatic nitrogens is 2. The van der Waals surface area contributed by atoms with Crippen LogP contribution in [0, 0.1) is 0 Å². The Kier molecular flexibility index (Phi) is 3.88. The SMILES string of the molecule is CC(C)c1ccn(-c2ccc([C@@H](C)N)c(Br)c2)n1. The van der Waals surface area contributed by atoms with Gasteiger partial charge in [-0.2, -0.15) is 5.10 Å². The maximum absolute atomic E-state index is 5.89. The third-order valence-corrected chi connectivity index (χ3v) is 3.63. The normalized spacial score (nSPS) is 13.0. The zero-order valence-electron chi connectivity index (χ0n) is 10.9. The van der Waals surface area contributed by atoms with Gasteiger partial charge in [-0.25, -0.2) is 4.68 Å². The van der Waals surface area contributed by atoms with E-state index in [9.17, 15) is 0 Å². The summed E-state index contributed by atoms with van der Waals surface area (Å²) in [7, 11) is 0. The smallest absolute Gasteiger partial charge is 0.0657 e. The molecule has 0 saturated heterocycles. The molecule has 96 valence electrons. The van der Waals surface area contributed by atoms with Crippen molar-refractivity contribution in [1.82, 2.24) is 9.78 Å². The average molecular weight is 308 g/mol. The molecule has 1 heterocycles. The number of hydrogen-bond acceptors (Lipinski definition) is 2. The Morgan fingerprint density at radius 3 is 2.44 bits per heavy atom. The van der Waals surface area contributed by atoms with Crippen LogP contribution in [0.3, 0.4) is 0 Å². The van der Waals surface area contributed by atoms with E-state index in [1.54, 1.807) is 0 Å². The summed E-state index contributed by atoms with van der Waals surface area (Å²) in [6, 6.07) is 8.21. The van der Waals surface area contributed by atoms with Crippen molar-refractivity contribution in [1.29, 1.82) is 0 Å². The Morgan fingerprint density at radius 2 is 1.94 bits per heavy atom. The van der Waals surface area contributed by atoms with E-state index in [1.165, 1.54) is 0 Å². The predicted octanol–water partition coefficient (Wildman–Crippen LogP) is 3.78. The molecule has 0 bridgehead atoms. The minimum Gasteiger partial charge on any atom is -0.324 e. The largest absolute Gasteiger partial charge is 0.324 e. The Morgan fingerprint density at radius 1 is 1.22 bits per heavy atom. The van der Waals surface area contributed by atoms with Crippen LogP contribution in [0.1, 0.15) is 44.0 Å². The van der Waals surface area contributed by atoms with Gasteiger partial charge >= 0.3 is 0 Å². The molecule has 4 heteroatoms. The van der Waals surface area contributed by atoms with Crippen LogP contribution in [-0.2, 0) is 0 Å². The van der Waals surface area contributed by atoms with E-state index in [2.05, 4.69) is 47.0 Å². The first kappa shape index (κ1) is 13.3. The zero-order valence-corrected chi connectivity index (χ0v) is 12.5. The van der Waals surface area contributed by atoms with Crippen molar-refractivity contribution < 1.29 is 0 Å². The van der Waals surface area contributed by atoms with Gasteiger partial charge in [-0.05, 0) is 36.6 Å². The first-order valence-electron chi connectivity index (χ1n) is 6.10. The van der Waals surface area contributed by atoms with E-state index in [4.69, 9.17) is 5.73 Å². The average Bonchev–Trinajstić information content (AvgIpc) is 2.77. The molecule has 0 fully saturated rings. The molecule has 0 saturated carbocycles. The van der Waals surface area contributed by atoms with Gasteiger partial charge in [-0.1, -0.05) is 35.8 Å². The second kappa shape index (κ2) is 5.24. The molecule has 0 aliphatic heterocycles. The molecule has 0 radical (unpaired) electrons. The minimum absolute atomic E-state index is 0.0253.